The molecule has 10 heavy (non-hydrogen) atoms. The van der Waals surface area contributed by atoms with Gasteiger partial charge in [0.25, 0.3) is 0 Å². The van der Waals surface area contributed by atoms with E-state index < -0.39 is 0 Å². The molecule has 1 atom stereocenters. The van der Waals surface area contributed by atoms with E-state index in [0.717, 1.165) is 11.9 Å². The molecule has 0 N–H and O–H groups in total. The molecule has 0 amide bonds. The molecule has 0 heterocycles. The van der Waals surface area contributed by atoms with E-state index in [1.165, 1.54) is 12.1 Å². The number of rotatable bonds is 4. The maximum atomic E-state index is 4.35. The molecule has 0 aliphatic heterocycles. The summed E-state index contributed by atoms with van der Waals surface area (Å²) in [5.41, 5.74) is 1.28. The van der Waals surface area contributed by atoms with Crippen molar-refractivity contribution in [2.75, 3.05) is 11.9 Å². The van der Waals surface area contributed by atoms with Gasteiger partial charge in [-0.3, -0.25) is 4.99 Å². The molecule has 1 unspecified atom stereocenters. The molecule has 0 radical (unpaired) electrons. The van der Waals surface area contributed by atoms with Gasteiger partial charge in [0.05, 0.1) is 0 Å². The smallest absolute Gasteiger partial charge is 0.0360 e. The molecule has 0 bridgehead atoms. The summed E-state index contributed by atoms with van der Waals surface area (Å²) in [4.78, 5) is 4.35. The molecular formula is C8H16BrN. The van der Waals surface area contributed by atoms with Crippen LogP contribution < -0.4 is 0 Å². The highest BCUT2D eigenvalue weighted by Crippen LogP contribution is 2.08. The lowest BCUT2D eigenvalue weighted by molar-refractivity contribution is 0.747. The lowest BCUT2D eigenvalue weighted by atomic mass is 10.0. The van der Waals surface area contributed by atoms with E-state index in [-0.39, 0.29) is 0 Å². The topological polar surface area (TPSA) is 12.4 Å². The van der Waals surface area contributed by atoms with E-state index in [1.54, 1.807) is 0 Å². The Hall–Kier alpha value is 0.150. The molecule has 0 saturated carbocycles. The van der Waals surface area contributed by atoms with Crippen LogP contribution in [0.25, 0.3) is 0 Å². The van der Waals surface area contributed by atoms with Crippen molar-refractivity contribution in [3.05, 3.63) is 0 Å². The molecule has 0 aliphatic carbocycles. The lowest BCUT2D eigenvalue weighted by Gasteiger charge is -2.09. The van der Waals surface area contributed by atoms with Crippen molar-refractivity contribution in [2.24, 2.45) is 10.9 Å². The van der Waals surface area contributed by atoms with E-state index in [4.69, 9.17) is 0 Å². The third-order valence-electron chi connectivity index (χ3n) is 1.68. The summed E-state index contributed by atoms with van der Waals surface area (Å²) in [5, 5.41) is 1.04. The largest absolute Gasteiger partial charge is 0.294 e. The van der Waals surface area contributed by atoms with E-state index in [9.17, 15) is 0 Å². The first-order valence-corrected chi connectivity index (χ1v) is 4.95. The van der Waals surface area contributed by atoms with Gasteiger partial charge in [0, 0.05) is 23.5 Å². The summed E-state index contributed by atoms with van der Waals surface area (Å²) in [7, 11) is 0. The van der Waals surface area contributed by atoms with E-state index in [2.05, 4.69) is 41.7 Å². The highest BCUT2D eigenvalue weighted by atomic mass is 79.9. The normalized spacial score (nSPS) is 15.4. The standard InChI is InChI=1S/C8H16BrN/c1-4-8(6-9)7(3)10-5-2/h8H,4-6H2,1-3H3. The van der Waals surface area contributed by atoms with Gasteiger partial charge in [-0.15, -0.1) is 0 Å². The van der Waals surface area contributed by atoms with E-state index in [0.29, 0.717) is 5.92 Å². The Bertz CT molecular complexity index is 106. The lowest BCUT2D eigenvalue weighted by Crippen LogP contribution is -2.11. The molecule has 1 nitrogen and oxygen atoms in total. The van der Waals surface area contributed by atoms with Gasteiger partial charge in [-0.2, -0.15) is 0 Å². The third kappa shape index (κ3) is 3.35. The first-order chi connectivity index (χ1) is 4.76. The second-order valence-corrected chi connectivity index (χ2v) is 3.02. The van der Waals surface area contributed by atoms with Crippen LogP contribution in [0, 0.1) is 5.92 Å². The molecular weight excluding hydrogens is 190 g/mol. The van der Waals surface area contributed by atoms with Crippen LogP contribution in [0.5, 0.6) is 0 Å². The Morgan fingerprint density at radius 2 is 2.10 bits per heavy atom. The summed E-state index contributed by atoms with van der Waals surface area (Å²) < 4.78 is 0. The highest BCUT2D eigenvalue weighted by Gasteiger charge is 2.05. The van der Waals surface area contributed by atoms with Crippen molar-refractivity contribution in [3.8, 4) is 0 Å². The number of halogens is 1. The molecule has 0 aliphatic rings. The molecule has 2 heteroatoms. The number of hydrogen-bond donors (Lipinski definition) is 0. The van der Waals surface area contributed by atoms with Crippen molar-refractivity contribution in [2.45, 2.75) is 27.2 Å². The highest BCUT2D eigenvalue weighted by molar-refractivity contribution is 9.09. The zero-order valence-electron chi connectivity index (χ0n) is 7.02. The average Bonchev–Trinajstić information content (AvgIpc) is 1.91. The van der Waals surface area contributed by atoms with Crippen molar-refractivity contribution >= 4 is 21.6 Å². The maximum absolute atomic E-state index is 4.35. The quantitative estimate of drug-likeness (QED) is 0.495. The first kappa shape index (κ1) is 10.2. The number of hydrogen-bond acceptors (Lipinski definition) is 1. The molecule has 0 fully saturated rings. The second kappa shape index (κ2) is 5.90. The summed E-state index contributed by atoms with van der Waals surface area (Å²) in [5.74, 6) is 0.639. The van der Waals surface area contributed by atoms with Gasteiger partial charge < -0.3 is 0 Å². The fourth-order valence-corrected chi connectivity index (χ4v) is 1.82. The Morgan fingerprint density at radius 1 is 1.50 bits per heavy atom. The van der Waals surface area contributed by atoms with Gasteiger partial charge in [0.2, 0.25) is 0 Å². The molecule has 0 spiro atoms. The van der Waals surface area contributed by atoms with Gasteiger partial charge in [-0.1, -0.05) is 22.9 Å². The van der Waals surface area contributed by atoms with Crippen LogP contribution in [0.4, 0.5) is 0 Å². The summed E-state index contributed by atoms with van der Waals surface area (Å²) in [6.45, 7) is 7.29. The zero-order valence-corrected chi connectivity index (χ0v) is 8.61. The zero-order chi connectivity index (χ0) is 7.98. The molecule has 0 rings (SSSR count). The molecule has 0 aromatic heterocycles. The Morgan fingerprint density at radius 3 is 2.40 bits per heavy atom. The van der Waals surface area contributed by atoms with Gasteiger partial charge in [-0.05, 0) is 20.3 Å². The number of alkyl halides is 1. The van der Waals surface area contributed by atoms with Crippen LogP contribution >= 0.6 is 15.9 Å². The molecule has 0 aromatic carbocycles. The molecule has 60 valence electrons. The first-order valence-electron chi connectivity index (χ1n) is 3.83. The van der Waals surface area contributed by atoms with Crippen LogP contribution in [-0.4, -0.2) is 17.6 Å². The molecule has 0 saturated heterocycles. The van der Waals surface area contributed by atoms with Gasteiger partial charge in [0.15, 0.2) is 0 Å². The van der Waals surface area contributed by atoms with Crippen LogP contribution in [-0.2, 0) is 0 Å². The van der Waals surface area contributed by atoms with Crippen molar-refractivity contribution < 1.29 is 0 Å². The van der Waals surface area contributed by atoms with E-state index in [1.807, 2.05) is 0 Å². The maximum Gasteiger partial charge on any atom is 0.0360 e. The van der Waals surface area contributed by atoms with Crippen LogP contribution in [0.2, 0.25) is 0 Å². The fourth-order valence-electron chi connectivity index (χ4n) is 0.895. The van der Waals surface area contributed by atoms with E-state index >= 15 is 0 Å². The summed E-state index contributed by atoms with van der Waals surface area (Å²) in [6, 6.07) is 0. The van der Waals surface area contributed by atoms with Gasteiger partial charge in [-0.25, -0.2) is 0 Å². The van der Waals surface area contributed by atoms with Crippen molar-refractivity contribution in [1.82, 2.24) is 0 Å². The number of nitrogens with zero attached hydrogens (tertiary/aromatic N) is 1. The summed E-state index contributed by atoms with van der Waals surface area (Å²) in [6.07, 6.45) is 1.18. The predicted octanol–water partition coefficient (Wildman–Crippen LogP) is 2.89. The van der Waals surface area contributed by atoms with Crippen molar-refractivity contribution in [3.63, 3.8) is 0 Å². The number of aliphatic imine (C=N–C) groups is 1. The third-order valence-corrected chi connectivity index (χ3v) is 2.46. The minimum atomic E-state index is 0.639. The summed E-state index contributed by atoms with van der Waals surface area (Å²) >= 11 is 3.47. The Labute approximate surface area is 72.1 Å². The fraction of sp³-hybridized carbons (Fsp3) is 0.875. The molecule has 0 aromatic rings. The Kier molecular flexibility index (Phi) is 5.99. The van der Waals surface area contributed by atoms with Gasteiger partial charge in [0.1, 0.15) is 0 Å². The van der Waals surface area contributed by atoms with Crippen LogP contribution in [0.15, 0.2) is 4.99 Å². The Balaban J connectivity index is 3.87. The minimum absolute atomic E-state index is 0.639. The van der Waals surface area contributed by atoms with Crippen molar-refractivity contribution in [1.29, 1.82) is 0 Å². The van der Waals surface area contributed by atoms with Gasteiger partial charge >= 0.3 is 0 Å². The van der Waals surface area contributed by atoms with Crippen LogP contribution in [0.3, 0.4) is 0 Å². The second-order valence-electron chi connectivity index (χ2n) is 2.38. The van der Waals surface area contributed by atoms with Crippen LogP contribution in [0.1, 0.15) is 27.2 Å². The minimum Gasteiger partial charge on any atom is -0.294 e. The SMILES string of the molecule is CCN=C(C)C(CC)CBr. The average molecular weight is 206 g/mol. The monoisotopic (exact) mass is 205 g/mol. The predicted molar refractivity (Wildman–Crippen MR) is 51.2 cm³/mol.